The molecule has 0 unspecified atom stereocenters. The molecule has 3 nitrogen and oxygen atoms in total. The van der Waals surface area contributed by atoms with E-state index in [-0.39, 0.29) is 23.6 Å². The molecular formula is C13H15BrFNO2. The van der Waals surface area contributed by atoms with Gasteiger partial charge in [-0.2, -0.15) is 0 Å². The fourth-order valence-electron chi connectivity index (χ4n) is 1.99. The monoisotopic (exact) mass is 315 g/mol. The summed E-state index contributed by atoms with van der Waals surface area (Å²) in [6, 6.07) is 4.52. The van der Waals surface area contributed by atoms with Crippen LogP contribution in [0.5, 0.6) is 0 Å². The van der Waals surface area contributed by atoms with Crippen molar-refractivity contribution in [3.05, 3.63) is 34.1 Å². The molecule has 1 aliphatic rings. The van der Waals surface area contributed by atoms with Crippen LogP contribution >= 0.6 is 15.9 Å². The molecule has 0 aromatic heterocycles. The quantitative estimate of drug-likeness (QED) is 0.927. The molecule has 18 heavy (non-hydrogen) atoms. The number of benzene rings is 1. The number of carbonyl (C=O) groups excluding carboxylic acids is 1. The summed E-state index contributed by atoms with van der Waals surface area (Å²) in [5.41, 5.74) is 0.0815. The number of halogens is 2. The Morgan fingerprint density at radius 1 is 1.56 bits per heavy atom. The Morgan fingerprint density at radius 2 is 2.28 bits per heavy atom. The minimum Gasteiger partial charge on any atom is -0.378 e. The fraction of sp³-hybridized carbons (Fsp3) is 0.462. The van der Waals surface area contributed by atoms with E-state index in [1.54, 1.807) is 6.07 Å². The molecule has 0 radical (unpaired) electrons. The van der Waals surface area contributed by atoms with Crippen LogP contribution in [0.1, 0.15) is 30.1 Å². The van der Waals surface area contributed by atoms with Gasteiger partial charge in [0.15, 0.2) is 0 Å². The minimum absolute atomic E-state index is 0.0815. The summed E-state index contributed by atoms with van der Waals surface area (Å²) in [7, 11) is 0. The largest absolute Gasteiger partial charge is 0.378 e. The Kier molecular flexibility index (Phi) is 4.35. The van der Waals surface area contributed by atoms with Gasteiger partial charge in [-0.25, -0.2) is 4.39 Å². The Balaban J connectivity index is 1.89. The van der Waals surface area contributed by atoms with E-state index in [4.69, 9.17) is 4.74 Å². The van der Waals surface area contributed by atoms with Crippen molar-refractivity contribution in [1.82, 2.24) is 5.32 Å². The molecule has 1 N–H and O–H groups in total. The van der Waals surface area contributed by atoms with E-state index in [0.717, 1.165) is 12.8 Å². The average molecular weight is 316 g/mol. The lowest BCUT2D eigenvalue weighted by Gasteiger charge is -2.35. The van der Waals surface area contributed by atoms with E-state index in [1.165, 1.54) is 12.1 Å². The number of ether oxygens (including phenoxy) is 1. The van der Waals surface area contributed by atoms with Crippen molar-refractivity contribution in [3.63, 3.8) is 0 Å². The molecule has 0 heterocycles. The standard InChI is InChI=1S/C13H15BrFNO2/c1-2-18-10-6-9(7-10)16-13(17)11-4-3-8(14)5-12(11)15/h3-5,9-10H,2,6-7H2,1H3,(H,16,17). The topological polar surface area (TPSA) is 38.3 Å². The maximum Gasteiger partial charge on any atom is 0.254 e. The van der Waals surface area contributed by atoms with Crippen LogP contribution in [0.2, 0.25) is 0 Å². The molecule has 1 amide bonds. The lowest BCUT2D eigenvalue weighted by molar-refractivity contribution is -0.00865. The zero-order chi connectivity index (χ0) is 13.1. The molecule has 1 fully saturated rings. The molecule has 1 aromatic carbocycles. The first-order valence-corrected chi connectivity index (χ1v) is 6.77. The molecule has 1 aromatic rings. The van der Waals surface area contributed by atoms with Crippen LogP contribution in [0, 0.1) is 5.82 Å². The van der Waals surface area contributed by atoms with Crippen molar-refractivity contribution < 1.29 is 13.9 Å². The van der Waals surface area contributed by atoms with E-state index in [2.05, 4.69) is 21.2 Å². The third-order valence-corrected chi connectivity index (χ3v) is 3.50. The van der Waals surface area contributed by atoms with E-state index in [9.17, 15) is 9.18 Å². The highest BCUT2D eigenvalue weighted by atomic mass is 79.9. The first-order valence-electron chi connectivity index (χ1n) is 5.97. The van der Waals surface area contributed by atoms with Crippen molar-refractivity contribution >= 4 is 21.8 Å². The van der Waals surface area contributed by atoms with Crippen LogP contribution in [0.15, 0.2) is 22.7 Å². The first kappa shape index (κ1) is 13.5. The van der Waals surface area contributed by atoms with Gasteiger partial charge in [-0.05, 0) is 38.0 Å². The predicted octanol–water partition coefficient (Wildman–Crippen LogP) is 2.89. The average Bonchev–Trinajstić information content (AvgIpc) is 2.26. The molecule has 0 bridgehead atoms. The highest BCUT2D eigenvalue weighted by Gasteiger charge is 2.31. The van der Waals surface area contributed by atoms with Gasteiger partial charge in [0.2, 0.25) is 0 Å². The van der Waals surface area contributed by atoms with E-state index in [0.29, 0.717) is 11.1 Å². The van der Waals surface area contributed by atoms with Crippen molar-refractivity contribution in [2.24, 2.45) is 0 Å². The van der Waals surface area contributed by atoms with Crippen LogP contribution in [0.3, 0.4) is 0 Å². The van der Waals surface area contributed by atoms with Gasteiger partial charge in [0.25, 0.3) is 5.91 Å². The molecular weight excluding hydrogens is 301 g/mol. The van der Waals surface area contributed by atoms with Crippen LogP contribution in [0.25, 0.3) is 0 Å². The smallest absolute Gasteiger partial charge is 0.254 e. The number of rotatable bonds is 4. The summed E-state index contributed by atoms with van der Waals surface area (Å²) in [6.45, 7) is 2.63. The van der Waals surface area contributed by atoms with Crippen LogP contribution in [-0.2, 0) is 4.74 Å². The summed E-state index contributed by atoms with van der Waals surface area (Å²) in [5, 5.41) is 2.81. The van der Waals surface area contributed by atoms with Gasteiger partial charge in [-0.3, -0.25) is 4.79 Å². The van der Waals surface area contributed by atoms with Crippen molar-refractivity contribution in [2.45, 2.75) is 31.9 Å². The third kappa shape index (κ3) is 3.09. The zero-order valence-electron chi connectivity index (χ0n) is 10.1. The van der Waals surface area contributed by atoms with Crippen LogP contribution in [-0.4, -0.2) is 24.7 Å². The summed E-state index contributed by atoms with van der Waals surface area (Å²) in [6.07, 6.45) is 1.84. The SMILES string of the molecule is CCOC1CC(NC(=O)c2ccc(Br)cc2F)C1. The lowest BCUT2D eigenvalue weighted by atomic mass is 9.89. The number of carbonyl (C=O) groups is 1. The number of nitrogens with one attached hydrogen (secondary N) is 1. The van der Waals surface area contributed by atoms with E-state index in [1.807, 2.05) is 6.92 Å². The second kappa shape index (κ2) is 5.80. The summed E-state index contributed by atoms with van der Waals surface area (Å²) < 4.78 is 19.6. The molecule has 0 atom stereocenters. The van der Waals surface area contributed by atoms with E-state index < -0.39 is 5.82 Å². The molecule has 5 heteroatoms. The van der Waals surface area contributed by atoms with Gasteiger partial charge in [-0.15, -0.1) is 0 Å². The molecule has 1 aliphatic carbocycles. The van der Waals surface area contributed by atoms with E-state index >= 15 is 0 Å². The number of hydrogen-bond acceptors (Lipinski definition) is 2. The maximum absolute atomic E-state index is 13.6. The molecule has 2 rings (SSSR count). The second-order valence-electron chi connectivity index (χ2n) is 4.34. The van der Waals surface area contributed by atoms with Crippen LogP contribution in [0.4, 0.5) is 4.39 Å². The normalized spacial score (nSPS) is 22.4. The summed E-state index contributed by atoms with van der Waals surface area (Å²) in [4.78, 5) is 11.8. The van der Waals surface area contributed by atoms with Gasteiger partial charge >= 0.3 is 0 Å². The highest BCUT2D eigenvalue weighted by molar-refractivity contribution is 9.10. The van der Waals surface area contributed by atoms with Gasteiger partial charge in [0.1, 0.15) is 5.82 Å². The summed E-state index contributed by atoms with van der Waals surface area (Å²) in [5.74, 6) is -0.873. The van der Waals surface area contributed by atoms with Gasteiger partial charge in [0.05, 0.1) is 11.7 Å². The van der Waals surface area contributed by atoms with Gasteiger partial charge in [-0.1, -0.05) is 15.9 Å². The maximum atomic E-state index is 13.6. The molecule has 0 aliphatic heterocycles. The molecule has 1 saturated carbocycles. The fourth-order valence-corrected chi connectivity index (χ4v) is 2.33. The molecule has 0 spiro atoms. The molecule has 98 valence electrons. The number of amides is 1. The Hall–Kier alpha value is -0.940. The predicted molar refractivity (Wildman–Crippen MR) is 70.0 cm³/mol. The van der Waals surface area contributed by atoms with Crippen molar-refractivity contribution in [3.8, 4) is 0 Å². The van der Waals surface area contributed by atoms with Crippen molar-refractivity contribution in [2.75, 3.05) is 6.61 Å². The third-order valence-electron chi connectivity index (χ3n) is 3.01. The Morgan fingerprint density at radius 3 is 2.89 bits per heavy atom. The van der Waals surface area contributed by atoms with Gasteiger partial charge in [0, 0.05) is 17.1 Å². The van der Waals surface area contributed by atoms with Gasteiger partial charge < -0.3 is 10.1 Å². The lowest BCUT2D eigenvalue weighted by Crippen LogP contribution is -2.48. The zero-order valence-corrected chi connectivity index (χ0v) is 11.7. The highest BCUT2D eigenvalue weighted by Crippen LogP contribution is 2.24. The molecule has 0 saturated heterocycles. The summed E-state index contributed by atoms with van der Waals surface area (Å²) >= 11 is 3.16. The minimum atomic E-state index is -0.512. The first-order chi connectivity index (χ1) is 8.60. The van der Waals surface area contributed by atoms with Crippen molar-refractivity contribution in [1.29, 1.82) is 0 Å². The Bertz CT molecular complexity index is 447. The number of hydrogen-bond donors (Lipinski definition) is 1. The Labute approximate surface area is 114 Å². The second-order valence-corrected chi connectivity index (χ2v) is 5.26. The van der Waals surface area contributed by atoms with Crippen LogP contribution < -0.4 is 5.32 Å².